The molecule has 0 bridgehead atoms. The lowest BCUT2D eigenvalue weighted by atomic mass is 10.2. The van der Waals surface area contributed by atoms with Gasteiger partial charge in [-0.05, 0) is 47.1 Å². The molecule has 0 saturated carbocycles. The van der Waals surface area contributed by atoms with Crippen LogP contribution in [0.1, 0.15) is 12.4 Å². The highest BCUT2D eigenvalue weighted by atomic mass is 79.9. The first-order valence-corrected chi connectivity index (χ1v) is 8.66. The Bertz CT molecular complexity index is 1080. The number of hydrogen-bond acceptors (Lipinski definition) is 3. The van der Waals surface area contributed by atoms with E-state index in [2.05, 4.69) is 31.7 Å². The number of alkyl halides is 2. The maximum absolute atomic E-state index is 14.3. The third-order valence-corrected chi connectivity index (χ3v) is 4.36. The predicted octanol–water partition coefficient (Wildman–Crippen LogP) is 4.28. The van der Waals surface area contributed by atoms with Gasteiger partial charge in [-0.15, -0.1) is 5.10 Å². The molecule has 0 radical (unpaired) electrons. The number of hydrogen-bond donors (Lipinski definition) is 2. The molecule has 146 valence electrons. The maximum Gasteiger partial charge on any atom is 0.355 e. The van der Waals surface area contributed by atoms with E-state index in [-0.39, 0.29) is 26.2 Å². The van der Waals surface area contributed by atoms with Gasteiger partial charge in [0, 0.05) is 10.2 Å². The predicted molar refractivity (Wildman–Crippen MR) is 101 cm³/mol. The summed E-state index contributed by atoms with van der Waals surface area (Å²) in [5, 5.41) is 8.62. The van der Waals surface area contributed by atoms with E-state index in [1.807, 2.05) is 0 Å². The van der Waals surface area contributed by atoms with Crippen molar-refractivity contribution in [2.45, 2.75) is 13.5 Å². The zero-order valence-corrected chi connectivity index (χ0v) is 15.9. The first kappa shape index (κ1) is 19.7. The standard InChI is InChI=1S/C17H13BrF3N5O2/c1-9-24-26(17(28)25(9)15(20)21)14-8-13(12(19)7-11(14)18)23-16(27)22-10-5-3-2-4-6-10/h2-8,15H,1H3,(H2,22,23,27). The second-order valence-electron chi connectivity index (χ2n) is 5.62. The summed E-state index contributed by atoms with van der Waals surface area (Å²) in [6, 6.07) is 9.86. The SMILES string of the molecule is Cc1nn(-c2cc(NC(=O)Nc3ccccc3)c(F)cc2Br)c(=O)n1C(F)F. The monoisotopic (exact) mass is 455 g/mol. The average molecular weight is 456 g/mol. The lowest BCUT2D eigenvalue weighted by molar-refractivity contribution is 0.0640. The molecule has 0 fully saturated rings. The van der Waals surface area contributed by atoms with Crippen molar-refractivity contribution in [1.29, 1.82) is 0 Å². The number of nitrogens with one attached hydrogen (secondary N) is 2. The summed E-state index contributed by atoms with van der Waals surface area (Å²) in [5.41, 5.74) is -0.883. The third kappa shape index (κ3) is 3.93. The molecule has 0 aliphatic rings. The van der Waals surface area contributed by atoms with Gasteiger partial charge in [-0.25, -0.2) is 18.5 Å². The number of nitrogens with zero attached hydrogens (tertiary/aromatic N) is 3. The molecule has 0 saturated heterocycles. The molecule has 1 aromatic heterocycles. The topological polar surface area (TPSA) is 81.0 Å². The molecule has 3 aromatic rings. The van der Waals surface area contributed by atoms with Crippen LogP contribution in [-0.4, -0.2) is 20.4 Å². The van der Waals surface area contributed by atoms with Crippen LogP contribution in [-0.2, 0) is 0 Å². The van der Waals surface area contributed by atoms with Crippen LogP contribution in [0, 0.1) is 12.7 Å². The lowest BCUT2D eigenvalue weighted by Crippen LogP contribution is -2.25. The van der Waals surface area contributed by atoms with E-state index in [1.54, 1.807) is 30.3 Å². The molecular formula is C17H13BrF3N5O2. The summed E-state index contributed by atoms with van der Waals surface area (Å²) in [5.74, 6) is -1.01. The van der Waals surface area contributed by atoms with Gasteiger partial charge in [0.15, 0.2) is 0 Å². The molecule has 0 aliphatic heterocycles. The Morgan fingerprint density at radius 3 is 2.46 bits per heavy atom. The maximum atomic E-state index is 14.3. The average Bonchev–Trinajstić information content (AvgIpc) is 2.92. The number of carbonyl (C=O) groups excluding carboxylic acids is 1. The van der Waals surface area contributed by atoms with Crippen LogP contribution in [0.15, 0.2) is 51.7 Å². The molecule has 1 heterocycles. The van der Waals surface area contributed by atoms with Crippen LogP contribution in [0.5, 0.6) is 0 Å². The van der Waals surface area contributed by atoms with Crippen molar-refractivity contribution < 1.29 is 18.0 Å². The number of rotatable bonds is 4. The Labute approximate surface area is 164 Å². The van der Waals surface area contributed by atoms with E-state index in [9.17, 15) is 22.8 Å². The van der Waals surface area contributed by atoms with Crippen LogP contribution >= 0.6 is 15.9 Å². The van der Waals surface area contributed by atoms with E-state index in [4.69, 9.17) is 0 Å². The molecule has 2 N–H and O–H groups in total. The van der Waals surface area contributed by atoms with Gasteiger partial charge in [0.05, 0.1) is 11.4 Å². The molecule has 0 atom stereocenters. The van der Waals surface area contributed by atoms with Gasteiger partial charge in [-0.2, -0.15) is 13.5 Å². The quantitative estimate of drug-likeness (QED) is 0.615. The minimum Gasteiger partial charge on any atom is -0.308 e. The fourth-order valence-corrected chi connectivity index (χ4v) is 2.94. The Hall–Kier alpha value is -3.08. The summed E-state index contributed by atoms with van der Waals surface area (Å²) in [4.78, 5) is 24.3. The minimum absolute atomic E-state index is 0.0103. The van der Waals surface area contributed by atoms with Crippen LogP contribution in [0.4, 0.5) is 29.3 Å². The van der Waals surface area contributed by atoms with Gasteiger partial charge in [-0.1, -0.05) is 18.2 Å². The van der Waals surface area contributed by atoms with Gasteiger partial charge in [0.25, 0.3) is 0 Å². The molecule has 2 amide bonds. The molecule has 28 heavy (non-hydrogen) atoms. The number of amides is 2. The summed E-state index contributed by atoms with van der Waals surface area (Å²) in [6.07, 6.45) is 0. The lowest BCUT2D eigenvalue weighted by Gasteiger charge is -2.11. The van der Waals surface area contributed by atoms with E-state index in [0.717, 1.165) is 12.1 Å². The zero-order valence-electron chi connectivity index (χ0n) is 14.3. The van der Waals surface area contributed by atoms with Crippen molar-refractivity contribution in [3.05, 3.63) is 69.1 Å². The van der Waals surface area contributed by atoms with E-state index in [0.29, 0.717) is 10.4 Å². The molecule has 0 spiro atoms. The van der Waals surface area contributed by atoms with Gasteiger partial charge >= 0.3 is 18.3 Å². The van der Waals surface area contributed by atoms with E-state index in [1.165, 1.54) is 6.92 Å². The number of carbonyl (C=O) groups is 1. The first-order chi connectivity index (χ1) is 13.3. The molecule has 3 rings (SSSR count). The molecule has 11 heteroatoms. The van der Waals surface area contributed by atoms with Gasteiger partial charge in [-0.3, -0.25) is 0 Å². The zero-order chi connectivity index (χ0) is 20.4. The van der Waals surface area contributed by atoms with Crippen LogP contribution in [0.2, 0.25) is 0 Å². The number of halogens is 4. The van der Waals surface area contributed by atoms with Crippen molar-refractivity contribution in [2.75, 3.05) is 10.6 Å². The largest absolute Gasteiger partial charge is 0.355 e. The van der Waals surface area contributed by atoms with Gasteiger partial charge in [0.2, 0.25) is 0 Å². The molecular weight excluding hydrogens is 443 g/mol. The van der Waals surface area contributed by atoms with Crippen molar-refractivity contribution in [2.24, 2.45) is 0 Å². The van der Waals surface area contributed by atoms with Crippen molar-refractivity contribution >= 4 is 33.3 Å². The van der Waals surface area contributed by atoms with E-state index >= 15 is 0 Å². The Kier molecular flexibility index (Phi) is 5.54. The summed E-state index contributed by atoms with van der Waals surface area (Å²) >= 11 is 3.08. The minimum atomic E-state index is -3.07. The highest BCUT2D eigenvalue weighted by Gasteiger charge is 2.21. The van der Waals surface area contributed by atoms with Crippen LogP contribution in [0.3, 0.4) is 0 Å². The fraction of sp³-hybridized carbons (Fsp3) is 0.118. The number of aryl methyl sites for hydroxylation is 1. The number of benzene rings is 2. The summed E-state index contributed by atoms with van der Waals surface area (Å²) in [6.45, 7) is -1.83. The molecule has 2 aromatic carbocycles. The highest BCUT2D eigenvalue weighted by molar-refractivity contribution is 9.10. The Morgan fingerprint density at radius 2 is 1.86 bits per heavy atom. The smallest absolute Gasteiger partial charge is 0.308 e. The summed E-state index contributed by atoms with van der Waals surface area (Å²) < 4.78 is 41.3. The number of aromatic nitrogens is 3. The van der Waals surface area contributed by atoms with E-state index < -0.39 is 24.1 Å². The number of urea groups is 1. The number of anilines is 2. The Morgan fingerprint density at radius 1 is 1.18 bits per heavy atom. The molecule has 7 nitrogen and oxygen atoms in total. The highest BCUT2D eigenvalue weighted by Crippen LogP contribution is 2.27. The van der Waals surface area contributed by atoms with Crippen molar-refractivity contribution in [3.8, 4) is 5.69 Å². The molecule has 0 aliphatic carbocycles. The Balaban J connectivity index is 1.94. The fourth-order valence-electron chi connectivity index (χ4n) is 2.46. The first-order valence-electron chi connectivity index (χ1n) is 7.86. The summed E-state index contributed by atoms with van der Waals surface area (Å²) in [7, 11) is 0. The third-order valence-electron chi connectivity index (χ3n) is 3.72. The van der Waals surface area contributed by atoms with Crippen molar-refractivity contribution in [1.82, 2.24) is 14.3 Å². The van der Waals surface area contributed by atoms with Gasteiger partial charge < -0.3 is 10.6 Å². The second-order valence-corrected chi connectivity index (χ2v) is 6.47. The van der Waals surface area contributed by atoms with Crippen LogP contribution < -0.4 is 16.3 Å². The van der Waals surface area contributed by atoms with Gasteiger partial charge in [0.1, 0.15) is 11.6 Å². The van der Waals surface area contributed by atoms with Crippen molar-refractivity contribution in [3.63, 3.8) is 0 Å². The molecule has 0 unspecified atom stereocenters. The van der Waals surface area contributed by atoms with Crippen LogP contribution in [0.25, 0.3) is 5.69 Å². The second kappa shape index (κ2) is 7.89. The normalized spacial score (nSPS) is 10.9. The number of para-hydroxylation sites is 1.